The van der Waals surface area contributed by atoms with E-state index in [1.165, 1.54) is 21.8 Å². The van der Waals surface area contributed by atoms with Crippen molar-refractivity contribution < 1.29 is 23.1 Å². The van der Waals surface area contributed by atoms with Crippen LogP contribution in [0.1, 0.15) is 16.2 Å². The molecule has 0 aromatic carbocycles. The third-order valence-corrected chi connectivity index (χ3v) is 3.65. The summed E-state index contributed by atoms with van der Waals surface area (Å²) in [5.41, 5.74) is -1.04. The Labute approximate surface area is 128 Å². The van der Waals surface area contributed by atoms with E-state index in [-0.39, 0.29) is 18.8 Å². The Bertz CT molecular complexity index is 731. The van der Waals surface area contributed by atoms with Crippen molar-refractivity contribution in [3.8, 4) is 0 Å². The summed E-state index contributed by atoms with van der Waals surface area (Å²) in [6.45, 7) is -1.45. The first-order valence-corrected chi connectivity index (χ1v) is 6.65. The number of aryl methyl sites for hydroxylation is 1. The van der Waals surface area contributed by atoms with E-state index in [1.54, 1.807) is 7.05 Å². The number of carbonyl (C=O) groups excluding carboxylic acids is 1. The van der Waals surface area contributed by atoms with Crippen LogP contribution in [0.2, 0.25) is 0 Å². The average molecular weight is 330 g/mol. The predicted molar refractivity (Wildman–Crippen MR) is 69.1 cm³/mol. The van der Waals surface area contributed by atoms with Crippen LogP contribution in [-0.2, 0) is 19.2 Å². The summed E-state index contributed by atoms with van der Waals surface area (Å²) in [5, 5.41) is 21.3. The van der Waals surface area contributed by atoms with Gasteiger partial charge in [0.1, 0.15) is 17.8 Å². The largest absolute Gasteiger partial charge is 0.408 e. The van der Waals surface area contributed by atoms with Gasteiger partial charge < -0.3 is 10.0 Å². The number of β-amino-alcohol motifs (C(OH)–C–C–N with tert-alkyl or cyclic N) is 1. The van der Waals surface area contributed by atoms with Gasteiger partial charge in [-0.05, 0) is 6.07 Å². The van der Waals surface area contributed by atoms with Crippen LogP contribution in [0.25, 0.3) is 0 Å². The SMILES string of the molecule is Cn1nncc1C1(O)CN(C(=O)c2ccnn2CC(F)(F)F)C1. The molecule has 1 saturated heterocycles. The monoisotopic (exact) mass is 330 g/mol. The van der Waals surface area contributed by atoms with Crippen LogP contribution in [0.3, 0.4) is 0 Å². The number of amides is 1. The maximum atomic E-state index is 12.5. The molecule has 3 heterocycles. The van der Waals surface area contributed by atoms with Gasteiger partial charge in [0.25, 0.3) is 5.91 Å². The van der Waals surface area contributed by atoms with E-state index < -0.39 is 24.2 Å². The lowest BCUT2D eigenvalue weighted by atomic mass is 9.90. The fourth-order valence-electron chi connectivity index (χ4n) is 2.57. The number of likely N-dealkylation sites (tertiary alicyclic amines) is 1. The van der Waals surface area contributed by atoms with Gasteiger partial charge in [-0.1, -0.05) is 5.21 Å². The first kappa shape index (κ1) is 15.5. The summed E-state index contributed by atoms with van der Waals surface area (Å²) >= 11 is 0. The number of nitrogens with zero attached hydrogens (tertiary/aromatic N) is 6. The van der Waals surface area contributed by atoms with Crippen molar-refractivity contribution >= 4 is 5.91 Å². The molecule has 23 heavy (non-hydrogen) atoms. The van der Waals surface area contributed by atoms with Crippen LogP contribution >= 0.6 is 0 Å². The van der Waals surface area contributed by atoms with E-state index in [9.17, 15) is 23.1 Å². The van der Waals surface area contributed by atoms with Crippen molar-refractivity contribution in [3.05, 3.63) is 29.8 Å². The molecule has 1 aliphatic heterocycles. The Morgan fingerprint density at radius 2 is 2.13 bits per heavy atom. The summed E-state index contributed by atoms with van der Waals surface area (Å²) in [6.07, 6.45) is -1.96. The average Bonchev–Trinajstić information content (AvgIpc) is 3.01. The molecule has 124 valence electrons. The second-order valence-corrected chi connectivity index (χ2v) is 5.42. The lowest BCUT2D eigenvalue weighted by Gasteiger charge is -2.45. The number of halogens is 3. The summed E-state index contributed by atoms with van der Waals surface area (Å²) in [7, 11) is 1.60. The first-order chi connectivity index (χ1) is 10.7. The smallest absolute Gasteiger partial charge is 0.380 e. The third kappa shape index (κ3) is 2.79. The Balaban J connectivity index is 1.73. The highest BCUT2D eigenvalue weighted by Gasteiger charge is 2.48. The molecule has 11 heteroatoms. The normalized spacial score (nSPS) is 17.2. The Morgan fingerprint density at radius 3 is 2.70 bits per heavy atom. The number of carbonyl (C=O) groups is 1. The molecule has 3 rings (SSSR count). The Kier molecular flexibility index (Phi) is 3.39. The van der Waals surface area contributed by atoms with Gasteiger partial charge in [-0.2, -0.15) is 18.3 Å². The molecule has 0 radical (unpaired) electrons. The van der Waals surface area contributed by atoms with Crippen molar-refractivity contribution in [2.24, 2.45) is 7.05 Å². The molecule has 1 amide bonds. The second kappa shape index (κ2) is 5.05. The molecule has 0 saturated carbocycles. The Hall–Kier alpha value is -2.43. The molecular formula is C12H13F3N6O2. The van der Waals surface area contributed by atoms with E-state index >= 15 is 0 Å². The highest BCUT2D eigenvalue weighted by Crippen LogP contribution is 2.32. The van der Waals surface area contributed by atoms with Gasteiger partial charge in [-0.15, -0.1) is 5.10 Å². The fraction of sp³-hybridized carbons (Fsp3) is 0.500. The zero-order valence-corrected chi connectivity index (χ0v) is 12.0. The predicted octanol–water partition coefficient (Wildman–Crippen LogP) is -0.0825. The molecule has 1 N–H and O–H groups in total. The van der Waals surface area contributed by atoms with Crippen molar-refractivity contribution in [3.63, 3.8) is 0 Å². The van der Waals surface area contributed by atoms with E-state index in [4.69, 9.17) is 0 Å². The maximum Gasteiger partial charge on any atom is 0.408 e. The minimum absolute atomic E-state index is 0.0513. The van der Waals surface area contributed by atoms with Gasteiger partial charge in [0.2, 0.25) is 0 Å². The summed E-state index contributed by atoms with van der Waals surface area (Å²) in [4.78, 5) is 13.5. The van der Waals surface area contributed by atoms with Crippen LogP contribution in [0, 0.1) is 0 Å². The van der Waals surface area contributed by atoms with E-state index in [1.807, 2.05) is 0 Å². The highest BCUT2D eigenvalue weighted by atomic mass is 19.4. The zero-order chi connectivity index (χ0) is 16.8. The van der Waals surface area contributed by atoms with Crippen molar-refractivity contribution in [2.75, 3.05) is 13.1 Å². The zero-order valence-electron chi connectivity index (χ0n) is 12.0. The number of hydrogen-bond donors (Lipinski definition) is 1. The lowest BCUT2D eigenvalue weighted by Crippen LogP contribution is -2.62. The van der Waals surface area contributed by atoms with Gasteiger partial charge >= 0.3 is 6.18 Å². The van der Waals surface area contributed by atoms with Crippen LogP contribution < -0.4 is 0 Å². The summed E-state index contributed by atoms with van der Waals surface area (Å²) in [5.74, 6) is -0.619. The quantitative estimate of drug-likeness (QED) is 0.850. The second-order valence-electron chi connectivity index (χ2n) is 5.42. The molecule has 0 spiro atoms. The van der Waals surface area contributed by atoms with Crippen molar-refractivity contribution in [2.45, 2.75) is 18.3 Å². The number of alkyl halides is 3. The summed E-state index contributed by atoms with van der Waals surface area (Å²) in [6, 6.07) is 1.22. The van der Waals surface area contributed by atoms with Crippen LogP contribution in [0.5, 0.6) is 0 Å². The van der Waals surface area contributed by atoms with E-state index in [2.05, 4.69) is 15.4 Å². The van der Waals surface area contributed by atoms with Crippen LogP contribution in [0.4, 0.5) is 13.2 Å². The van der Waals surface area contributed by atoms with Crippen LogP contribution in [0.15, 0.2) is 18.5 Å². The fourth-order valence-corrected chi connectivity index (χ4v) is 2.57. The molecule has 1 fully saturated rings. The molecule has 2 aromatic rings. The first-order valence-electron chi connectivity index (χ1n) is 6.65. The van der Waals surface area contributed by atoms with Crippen LogP contribution in [-0.4, -0.2) is 60.0 Å². The molecule has 0 unspecified atom stereocenters. The minimum Gasteiger partial charge on any atom is -0.380 e. The van der Waals surface area contributed by atoms with E-state index in [0.717, 1.165) is 6.20 Å². The maximum absolute atomic E-state index is 12.5. The Morgan fingerprint density at radius 1 is 1.43 bits per heavy atom. The highest BCUT2D eigenvalue weighted by molar-refractivity contribution is 5.93. The van der Waals surface area contributed by atoms with Crippen molar-refractivity contribution in [1.82, 2.24) is 29.7 Å². The topological polar surface area (TPSA) is 89.1 Å². The molecule has 2 aromatic heterocycles. The lowest BCUT2D eigenvalue weighted by molar-refractivity contribution is -0.143. The summed E-state index contributed by atoms with van der Waals surface area (Å²) < 4.78 is 39.4. The van der Waals surface area contributed by atoms with Gasteiger partial charge in [0.05, 0.1) is 25.0 Å². The molecule has 0 aliphatic carbocycles. The van der Waals surface area contributed by atoms with E-state index in [0.29, 0.717) is 10.4 Å². The number of rotatable bonds is 3. The number of aromatic nitrogens is 5. The number of aliphatic hydroxyl groups is 1. The minimum atomic E-state index is -4.48. The number of hydrogen-bond acceptors (Lipinski definition) is 5. The molecule has 0 atom stereocenters. The van der Waals surface area contributed by atoms with Gasteiger partial charge in [0.15, 0.2) is 0 Å². The van der Waals surface area contributed by atoms with Crippen molar-refractivity contribution in [1.29, 1.82) is 0 Å². The molecular weight excluding hydrogens is 317 g/mol. The third-order valence-electron chi connectivity index (χ3n) is 3.65. The van der Waals surface area contributed by atoms with Gasteiger partial charge in [-0.25, -0.2) is 4.68 Å². The molecule has 8 nitrogen and oxygen atoms in total. The van der Waals surface area contributed by atoms with Gasteiger partial charge in [0, 0.05) is 13.2 Å². The molecule has 1 aliphatic rings. The molecule has 0 bridgehead atoms. The standard InChI is InChI=1S/C12H13F3N6O2/c1-19-9(4-16-18-19)11(23)5-20(6-11)10(22)8-2-3-17-21(8)7-12(13,14)15/h2-4,23H,5-7H2,1H3. The van der Waals surface area contributed by atoms with Gasteiger partial charge in [-0.3, -0.25) is 9.48 Å².